The monoisotopic (exact) mass is 212 g/mol. The summed E-state index contributed by atoms with van der Waals surface area (Å²) in [7, 11) is 0. The summed E-state index contributed by atoms with van der Waals surface area (Å²) >= 11 is 0. The molecule has 0 radical (unpaired) electrons. The summed E-state index contributed by atoms with van der Waals surface area (Å²) < 4.78 is 5.07. The van der Waals surface area contributed by atoms with Crippen LogP contribution in [0.5, 0.6) is 5.75 Å². The molecule has 2 atom stereocenters. The molecule has 0 amide bonds. The van der Waals surface area contributed by atoms with Gasteiger partial charge < -0.3 is 14.6 Å². The largest absolute Gasteiger partial charge is 0.507 e. The molecule has 15 heavy (non-hydrogen) atoms. The van der Waals surface area contributed by atoms with Gasteiger partial charge >= 0.3 is 5.63 Å². The average molecular weight is 212 g/mol. The quantitative estimate of drug-likeness (QED) is 0.778. The normalized spacial score (nSPS) is 15.0. The highest BCUT2D eigenvalue weighted by molar-refractivity contribution is 5.39. The highest BCUT2D eigenvalue weighted by Gasteiger charge is 2.21. The topological polar surface area (TPSA) is 70.7 Å². The van der Waals surface area contributed by atoms with Crippen molar-refractivity contribution in [1.82, 2.24) is 0 Å². The molecule has 84 valence electrons. The molecule has 4 heteroatoms. The van der Waals surface area contributed by atoms with Crippen LogP contribution in [0.25, 0.3) is 0 Å². The Hall–Kier alpha value is -1.29. The molecule has 0 aromatic carbocycles. The van der Waals surface area contributed by atoms with E-state index in [1.54, 1.807) is 20.8 Å². The maximum Gasteiger partial charge on any atom is 0.342 e. The molecular weight excluding hydrogens is 196 g/mol. The first-order chi connectivity index (χ1) is 6.86. The van der Waals surface area contributed by atoms with Crippen molar-refractivity contribution >= 4 is 0 Å². The highest BCUT2D eigenvalue weighted by Crippen LogP contribution is 2.28. The summed E-state index contributed by atoms with van der Waals surface area (Å²) in [6.45, 7) is 6.52. The lowest BCUT2D eigenvalue weighted by atomic mass is 9.98. The molecule has 1 heterocycles. The van der Waals surface area contributed by atoms with Gasteiger partial charge in [0, 0.05) is 11.5 Å². The maximum atomic E-state index is 11.3. The van der Waals surface area contributed by atoms with Crippen molar-refractivity contribution in [2.45, 2.75) is 39.7 Å². The van der Waals surface area contributed by atoms with Crippen LogP contribution in [0.4, 0.5) is 0 Å². The van der Waals surface area contributed by atoms with E-state index in [-0.39, 0.29) is 17.2 Å². The Morgan fingerprint density at radius 2 is 1.73 bits per heavy atom. The summed E-state index contributed by atoms with van der Waals surface area (Å²) in [6, 6.07) is 0. The average Bonchev–Trinajstić information content (AvgIpc) is 2.19. The van der Waals surface area contributed by atoms with E-state index in [9.17, 15) is 15.0 Å². The predicted molar refractivity (Wildman–Crippen MR) is 56.2 cm³/mol. The molecule has 0 bridgehead atoms. The van der Waals surface area contributed by atoms with E-state index in [0.29, 0.717) is 11.3 Å². The molecule has 0 aliphatic carbocycles. The number of aliphatic hydroxyl groups is 1. The lowest BCUT2D eigenvalue weighted by Gasteiger charge is -2.16. The lowest BCUT2D eigenvalue weighted by molar-refractivity contribution is 0.155. The van der Waals surface area contributed by atoms with Gasteiger partial charge in [-0.3, -0.25) is 0 Å². The number of hydrogen-bond acceptors (Lipinski definition) is 4. The zero-order valence-corrected chi connectivity index (χ0v) is 9.37. The van der Waals surface area contributed by atoms with Crippen LogP contribution in [0.15, 0.2) is 9.21 Å². The summed E-state index contributed by atoms with van der Waals surface area (Å²) in [4.78, 5) is 11.3. The van der Waals surface area contributed by atoms with E-state index in [4.69, 9.17) is 4.42 Å². The molecule has 0 aliphatic heterocycles. The second-order valence-corrected chi connectivity index (χ2v) is 3.88. The van der Waals surface area contributed by atoms with Crippen molar-refractivity contribution in [3.8, 4) is 5.75 Å². The Labute approximate surface area is 88.2 Å². The van der Waals surface area contributed by atoms with Crippen LogP contribution in [0.3, 0.4) is 0 Å². The SMILES string of the molecule is Cc1c([C@H](C)[C@@H](C)O)oc(=O)c(C)c1O. The first kappa shape index (κ1) is 11.8. The van der Waals surface area contributed by atoms with Crippen LogP contribution in [0.1, 0.15) is 36.7 Å². The minimum Gasteiger partial charge on any atom is -0.507 e. The number of aliphatic hydroxyl groups excluding tert-OH is 1. The molecule has 0 aliphatic rings. The standard InChI is InChI=1S/C11H16O4/c1-5(8(4)12)10-6(2)9(13)7(3)11(14)15-10/h5,8,12-13H,1-4H3/t5-,8-/m1/s1. The van der Waals surface area contributed by atoms with Crippen LogP contribution < -0.4 is 5.63 Å². The van der Waals surface area contributed by atoms with Crippen molar-refractivity contribution in [1.29, 1.82) is 0 Å². The molecule has 0 fully saturated rings. The number of hydrogen-bond donors (Lipinski definition) is 2. The molecular formula is C11H16O4. The van der Waals surface area contributed by atoms with Crippen molar-refractivity contribution in [2.75, 3.05) is 0 Å². The Kier molecular flexibility index (Phi) is 3.19. The van der Waals surface area contributed by atoms with E-state index >= 15 is 0 Å². The molecule has 1 rings (SSSR count). The van der Waals surface area contributed by atoms with Crippen LogP contribution in [-0.2, 0) is 0 Å². The van der Waals surface area contributed by atoms with Gasteiger partial charge in [-0.05, 0) is 20.8 Å². The van der Waals surface area contributed by atoms with E-state index in [1.807, 2.05) is 0 Å². The van der Waals surface area contributed by atoms with E-state index in [2.05, 4.69) is 0 Å². The van der Waals surface area contributed by atoms with Crippen molar-refractivity contribution < 1.29 is 14.6 Å². The molecule has 4 nitrogen and oxygen atoms in total. The summed E-state index contributed by atoms with van der Waals surface area (Å²) in [6.07, 6.45) is -0.631. The van der Waals surface area contributed by atoms with Crippen LogP contribution in [0.2, 0.25) is 0 Å². The molecule has 0 saturated carbocycles. The van der Waals surface area contributed by atoms with Gasteiger partial charge in [0.05, 0.1) is 11.7 Å². The van der Waals surface area contributed by atoms with Gasteiger partial charge in [-0.15, -0.1) is 0 Å². The Morgan fingerprint density at radius 3 is 2.20 bits per heavy atom. The summed E-state index contributed by atoms with van der Waals surface area (Å²) in [5.41, 5.74) is 0.162. The maximum absolute atomic E-state index is 11.3. The van der Waals surface area contributed by atoms with Crippen LogP contribution >= 0.6 is 0 Å². The molecule has 1 aromatic rings. The van der Waals surface area contributed by atoms with Gasteiger partial charge in [0.1, 0.15) is 11.5 Å². The summed E-state index contributed by atoms with van der Waals surface area (Å²) in [5.74, 6) is -0.0175. The minimum atomic E-state index is -0.631. The van der Waals surface area contributed by atoms with E-state index in [1.165, 1.54) is 6.92 Å². The Balaban J connectivity index is 3.39. The zero-order chi connectivity index (χ0) is 11.7. The van der Waals surface area contributed by atoms with E-state index in [0.717, 1.165) is 0 Å². The van der Waals surface area contributed by atoms with E-state index < -0.39 is 11.7 Å². The lowest BCUT2D eigenvalue weighted by Crippen LogP contribution is -2.16. The third kappa shape index (κ3) is 2.04. The zero-order valence-electron chi connectivity index (χ0n) is 9.37. The van der Waals surface area contributed by atoms with Crippen molar-refractivity contribution in [2.24, 2.45) is 0 Å². The van der Waals surface area contributed by atoms with Crippen LogP contribution in [-0.4, -0.2) is 16.3 Å². The fourth-order valence-electron chi connectivity index (χ4n) is 1.40. The molecule has 0 unspecified atom stereocenters. The van der Waals surface area contributed by atoms with Gasteiger partial charge in [-0.2, -0.15) is 0 Å². The van der Waals surface area contributed by atoms with Crippen molar-refractivity contribution in [3.63, 3.8) is 0 Å². The second kappa shape index (κ2) is 4.06. The molecule has 2 N–H and O–H groups in total. The minimum absolute atomic E-state index is 0.0475. The Morgan fingerprint density at radius 1 is 1.20 bits per heavy atom. The third-order valence-corrected chi connectivity index (χ3v) is 2.73. The fourth-order valence-corrected chi connectivity index (χ4v) is 1.40. The van der Waals surface area contributed by atoms with Crippen molar-refractivity contribution in [3.05, 3.63) is 27.3 Å². The van der Waals surface area contributed by atoms with Gasteiger partial charge in [0.15, 0.2) is 0 Å². The molecule has 0 saturated heterocycles. The molecule has 0 spiro atoms. The Bertz CT molecular complexity index is 417. The van der Waals surface area contributed by atoms with Gasteiger partial charge in [0.2, 0.25) is 0 Å². The van der Waals surface area contributed by atoms with Gasteiger partial charge in [-0.25, -0.2) is 4.79 Å². The van der Waals surface area contributed by atoms with Gasteiger partial charge in [-0.1, -0.05) is 6.92 Å². The first-order valence-corrected chi connectivity index (χ1v) is 4.87. The molecule has 1 aromatic heterocycles. The number of aromatic hydroxyl groups is 1. The number of rotatable bonds is 2. The predicted octanol–water partition coefficient (Wildman–Crippen LogP) is 1.45. The van der Waals surface area contributed by atoms with Gasteiger partial charge in [0.25, 0.3) is 0 Å². The fraction of sp³-hybridized carbons (Fsp3) is 0.545. The third-order valence-electron chi connectivity index (χ3n) is 2.73. The van der Waals surface area contributed by atoms with Crippen LogP contribution in [0, 0.1) is 13.8 Å². The smallest absolute Gasteiger partial charge is 0.342 e. The summed E-state index contributed by atoms with van der Waals surface area (Å²) in [5, 5.41) is 19.1. The highest BCUT2D eigenvalue weighted by atomic mass is 16.4. The second-order valence-electron chi connectivity index (χ2n) is 3.88. The first-order valence-electron chi connectivity index (χ1n) is 4.87.